The van der Waals surface area contributed by atoms with Crippen molar-refractivity contribution < 1.29 is 14.3 Å². The van der Waals surface area contributed by atoms with Crippen molar-refractivity contribution in [2.24, 2.45) is 0 Å². The zero-order valence-electron chi connectivity index (χ0n) is 15.1. The van der Waals surface area contributed by atoms with Gasteiger partial charge < -0.3 is 15.4 Å². The molecule has 2 heterocycles. The number of ether oxygens (including phenoxy) is 1. The number of nitrogens with one attached hydrogen (secondary N) is 2. The number of benzene rings is 2. The van der Waals surface area contributed by atoms with E-state index in [0.717, 1.165) is 23.4 Å². The second kappa shape index (κ2) is 8.33. The van der Waals surface area contributed by atoms with Gasteiger partial charge in [-0.1, -0.05) is 6.07 Å². The van der Waals surface area contributed by atoms with Crippen LogP contribution in [0.3, 0.4) is 0 Å². The second-order valence-corrected chi connectivity index (χ2v) is 7.34. The van der Waals surface area contributed by atoms with Crippen molar-refractivity contribution in [3.63, 3.8) is 0 Å². The lowest BCUT2D eigenvalue weighted by atomic mass is 10.1. The molecule has 142 valence electrons. The summed E-state index contributed by atoms with van der Waals surface area (Å²) in [7, 11) is 0. The maximum absolute atomic E-state index is 12.6. The molecule has 1 aliphatic rings. The van der Waals surface area contributed by atoms with E-state index in [1.54, 1.807) is 41.8 Å². The van der Waals surface area contributed by atoms with Crippen LogP contribution < -0.4 is 10.6 Å². The molecule has 0 saturated carbocycles. The molecule has 0 aliphatic carbocycles. The van der Waals surface area contributed by atoms with E-state index in [1.807, 2.05) is 29.6 Å². The predicted molar refractivity (Wildman–Crippen MR) is 110 cm³/mol. The highest BCUT2D eigenvalue weighted by Crippen LogP contribution is 2.23. The van der Waals surface area contributed by atoms with E-state index < -0.39 is 6.10 Å². The van der Waals surface area contributed by atoms with Crippen LogP contribution in [0.4, 0.5) is 11.4 Å². The summed E-state index contributed by atoms with van der Waals surface area (Å²) in [6.07, 6.45) is 2.97. The highest BCUT2D eigenvalue weighted by molar-refractivity contribution is 7.13. The lowest BCUT2D eigenvalue weighted by Gasteiger charge is -2.11. The quantitative estimate of drug-likeness (QED) is 0.681. The smallest absolute Gasteiger partial charge is 0.255 e. The average Bonchev–Trinajstić information content (AvgIpc) is 3.43. The first-order valence-corrected chi connectivity index (χ1v) is 9.91. The average molecular weight is 393 g/mol. The molecule has 1 saturated heterocycles. The number of thiazole rings is 1. The van der Waals surface area contributed by atoms with E-state index in [1.165, 1.54) is 0 Å². The van der Waals surface area contributed by atoms with Gasteiger partial charge in [0.15, 0.2) is 0 Å². The van der Waals surface area contributed by atoms with E-state index in [4.69, 9.17) is 4.74 Å². The predicted octanol–water partition coefficient (Wildman–Crippen LogP) is 4.18. The van der Waals surface area contributed by atoms with E-state index in [-0.39, 0.29) is 11.8 Å². The van der Waals surface area contributed by atoms with Gasteiger partial charge in [0.2, 0.25) is 0 Å². The molecule has 4 rings (SSSR count). The van der Waals surface area contributed by atoms with E-state index in [0.29, 0.717) is 23.5 Å². The minimum Gasteiger partial charge on any atom is -0.368 e. The molecule has 2 aromatic carbocycles. The summed E-state index contributed by atoms with van der Waals surface area (Å²) in [6.45, 7) is 0.613. The van der Waals surface area contributed by atoms with Gasteiger partial charge in [-0.15, -0.1) is 11.3 Å². The summed E-state index contributed by atoms with van der Waals surface area (Å²) >= 11 is 1.57. The fraction of sp³-hybridized carbons (Fsp3) is 0.190. The first-order valence-electron chi connectivity index (χ1n) is 9.03. The number of anilines is 2. The van der Waals surface area contributed by atoms with E-state index in [2.05, 4.69) is 15.6 Å². The number of nitrogens with zero attached hydrogens (tertiary/aromatic N) is 1. The molecule has 1 fully saturated rings. The Morgan fingerprint density at radius 1 is 1.07 bits per heavy atom. The molecule has 0 radical (unpaired) electrons. The molecular formula is C21H19N3O3S. The molecule has 6 nitrogen and oxygen atoms in total. The summed E-state index contributed by atoms with van der Waals surface area (Å²) in [5, 5.41) is 8.55. The number of amides is 2. The first kappa shape index (κ1) is 18.3. The summed E-state index contributed by atoms with van der Waals surface area (Å²) < 4.78 is 5.38. The van der Waals surface area contributed by atoms with Crippen molar-refractivity contribution in [3.05, 3.63) is 65.7 Å². The number of carbonyl (C=O) groups is 2. The van der Waals surface area contributed by atoms with Crippen LogP contribution in [0, 0.1) is 0 Å². The molecule has 1 unspecified atom stereocenters. The first-order chi connectivity index (χ1) is 13.7. The lowest BCUT2D eigenvalue weighted by molar-refractivity contribution is -0.124. The third kappa shape index (κ3) is 4.27. The number of aromatic nitrogens is 1. The Balaban J connectivity index is 1.41. The summed E-state index contributed by atoms with van der Waals surface area (Å²) in [4.78, 5) is 29.0. The number of carbonyl (C=O) groups excluding carboxylic acids is 2. The van der Waals surface area contributed by atoms with Crippen LogP contribution in [0.2, 0.25) is 0 Å². The maximum Gasteiger partial charge on any atom is 0.255 e. The third-order valence-electron chi connectivity index (χ3n) is 4.44. The zero-order valence-corrected chi connectivity index (χ0v) is 15.9. The molecule has 2 amide bonds. The van der Waals surface area contributed by atoms with Crippen molar-refractivity contribution in [1.29, 1.82) is 0 Å². The Bertz CT molecular complexity index is 965. The Labute approximate surface area is 166 Å². The van der Waals surface area contributed by atoms with Crippen LogP contribution in [-0.4, -0.2) is 29.5 Å². The van der Waals surface area contributed by atoms with Crippen molar-refractivity contribution in [2.75, 3.05) is 17.2 Å². The largest absolute Gasteiger partial charge is 0.368 e. The minimum absolute atomic E-state index is 0.173. The van der Waals surface area contributed by atoms with Crippen molar-refractivity contribution >= 4 is 34.5 Å². The molecular weight excluding hydrogens is 374 g/mol. The molecule has 1 aliphatic heterocycles. The zero-order chi connectivity index (χ0) is 19.3. The van der Waals surface area contributed by atoms with Crippen molar-refractivity contribution in [2.45, 2.75) is 18.9 Å². The molecule has 28 heavy (non-hydrogen) atoms. The van der Waals surface area contributed by atoms with Gasteiger partial charge in [-0.2, -0.15) is 0 Å². The number of rotatable bonds is 5. The van der Waals surface area contributed by atoms with Gasteiger partial charge in [0.1, 0.15) is 11.1 Å². The van der Waals surface area contributed by atoms with Crippen LogP contribution >= 0.6 is 11.3 Å². The van der Waals surface area contributed by atoms with Crippen LogP contribution in [0.1, 0.15) is 23.2 Å². The fourth-order valence-electron chi connectivity index (χ4n) is 3.01. The number of hydrogen-bond acceptors (Lipinski definition) is 5. The molecule has 0 bridgehead atoms. The highest BCUT2D eigenvalue weighted by Gasteiger charge is 2.23. The normalized spacial score (nSPS) is 15.9. The van der Waals surface area contributed by atoms with E-state index >= 15 is 0 Å². The van der Waals surface area contributed by atoms with Gasteiger partial charge in [0.25, 0.3) is 11.8 Å². The molecule has 0 spiro atoms. The van der Waals surface area contributed by atoms with Crippen LogP contribution in [0.15, 0.2) is 60.1 Å². The fourth-order valence-corrected chi connectivity index (χ4v) is 3.66. The van der Waals surface area contributed by atoms with Crippen LogP contribution in [0.25, 0.3) is 10.6 Å². The van der Waals surface area contributed by atoms with Gasteiger partial charge in [-0.05, 0) is 55.3 Å². The molecule has 1 atom stereocenters. The third-order valence-corrected chi connectivity index (χ3v) is 5.26. The van der Waals surface area contributed by atoms with Crippen molar-refractivity contribution in [1.82, 2.24) is 4.98 Å². The van der Waals surface area contributed by atoms with E-state index in [9.17, 15) is 9.59 Å². The molecule has 7 heteroatoms. The Morgan fingerprint density at radius 2 is 1.93 bits per heavy atom. The van der Waals surface area contributed by atoms with Gasteiger partial charge in [-0.3, -0.25) is 9.59 Å². The molecule has 1 aromatic heterocycles. The van der Waals surface area contributed by atoms with Crippen molar-refractivity contribution in [3.8, 4) is 10.6 Å². The highest BCUT2D eigenvalue weighted by atomic mass is 32.1. The molecule has 3 aromatic rings. The van der Waals surface area contributed by atoms with Gasteiger partial charge in [-0.25, -0.2) is 4.98 Å². The Morgan fingerprint density at radius 3 is 2.64 bits per heavy atom. The van der Waals surface area contributed by atoms with Gasteiger partial charge >= 0.3 is 0 Å². The monoisotopic (exact) mass is 393 g/mol. The summed E-state index contributed by atoms with van der Waals surface area (Å²) in [6, 6.07) is 14.4. The summed E-state index contributed by atoms with van der Waals surface area (Å²) in [5.74, 6) is -0.414. The SMILES string of the molecule is O=C(Nc1ccc(-c2nccs2)cc1)c1cccc(NC(=O)C2CCCO2)c1. The lowest BCUT2D eigenvalue weighted by Crippen LogP contribution is -2.27. The standard InChI is InChI=1S/C21H19N3O3S/c25-19(23-16-8-6-14(7-9-16)21-22-10-12-28-21)15-3-1-4-17(13-15)24-20(26)18-5-2-11-27-18/h1,3-4,6-10,12-13,18H,2,5,11H2,(H,23,25)(H,24,26). The Kier molecular flexibility index (Phi) is 5.45. The summed E-state index contributed by atoms with van der Waals surface area (Å²) in [5.41, 5.74) is 2.74. The minimum atomic E-state index is -0.408. The second-order valence-electron chi connectivity index (χ2n) is 6.44. The maximum atomic E-state index is 12.6. The van der Waals surface area contributed by atoms with Crippen LogP contribution in [-0.2, 0) is 9.53 Å². The molecule has 2 N–H and O–H groups in total. The topological polar surface area (TPSA) is 80.3 Å². The van der Waals surface area contributed by atoms with Gasteiger partial charge in [0, 0.05) is 40.7 Å². The Hall–Kier alpha value is -3.03. The van der Waals surface area contributed by atoms with Gasteiger partial charge in [0.05, 0.1) is 0 Å². The van der Waals surface area contributed by atoms with Crippen LogP contribution in [0.5, 0.6) is 0 Å². The number of hydrogen-bond donors (Lipinski definition) is 2.